The normalized spacial score (nSPS) is 17.2. The van der Waals surface area contributed by atoms with Crippen molar-refractivity contribution in [2.24, 2.45) is 0 Å². The van der Waals surface area contributed by atoms with Crippen LogP contribution in [0.25, 0.3) is 0 Å². The molecule has 0 saturated heterocycles. The molecule has 1 N–H and O–H groups in total. The van der Waals surface area contributed by atoms with Gasteiger partial charge in [0.25, 0.3) is 5.91 Å². The van der Waals surface area contributed by atoms with Crippen molar-refractivity contribution in [1.29, 1.82) is 0 Å². The SMILES string of the molecule is CCC(C)N1CCc2nc(NC)sc2C1=O. The summed E-state index contributed by atoms with van der Waals surface area (Å²) in [6.07, 6.45) is 1.88. The van der Waals surface area contributed by atoms with Gasteiger partial charge in [0, 0.05) is 26.1 Å². The summed E-state index contributed by atoms with van der Waals surface area (Å²) < 4.78 is 0. The Hall–Kier alpha value is -1.10. The molecule has 1 unspecified atom stereocenters. The van der Waals surface area contributed by atoms with Crippen molar-refractivity contribution < 1.29 is 4.79 Å². The lowest BCUT2D eigenvalue weighted by atomic mass is 10.1. The monoisotopic (exact) mass is 239 g/mol. The largest absolute Gasteiger partial charge is 0.365 e. The topological polar surface area (TPSA) is 45.2 Å². The molecular formula is C11H17N3OS. The average molecular weight is 239 g/mol. The zero-order valence-corrected chi connectivity index (χ0v) is 10.7. The Kier molecular flexibility index (Phi) is 3.14. The van der Waals surface area contributed by atoms with Gasteiger partial charge >= 0.3 is 0 Å². The van der Waals surface area contributed by atoms with E-state index in [0.29, 0.717) is 6.04 Å². The molecule has 1 aliphatic heterocycles. The minimum absolute atomic E-state index is 0.148. The van der Waals surface area contributed by atoms with E-state index < -0.39 is 0 Å². The maximum absolute atomic E-state index is 12.2. The summed E-state index contributed by atoms with van der Waals surface area (Å²) >= 11 is 1.46. The van der Waals surface area contributed by atoms with Crippen molar-refractivity contribution in [2.45, 2.75) is 32.7 Å². The van der Waals surface area contributed by atoms with Crippen molar-refractivity contribution in [3.8, 4) is 0 Å². The van der Waals surface area contributed by atoms with Gasteiger partial charge in [0.15, 0.2) is 5.13 Å². The summed E-state index contributed by atoms with van der Waals surface area (Å²) in [5.74, 6) is 0.148. The second-order valence-corrected chi connectivity index (χ2v) is 5.05. The molecule has 0 fully saturated rings. The first-order chi connectivity index (χ1) is 7.67. The van der Waals surface area contributed by atoms with Gasteiger partial charge in [-0.3, -0.25) is 4.79 Å². The Morgan fingerprint density at radius 1 is 1.62 bits per heavy atom. The molecule has 4 nitrogen and oxygen atoms in total. The number of rotatable bonds is 3. The first-order valence-corrected chi connectivity index (χ1v) is 6.47. The van der Waals surface area contributed by atoms with E-state index >= 15 is 0 Å². The molecule has 0 saturated carbocycles. The fraction of sp³-hybridized carbons (Fsp3) is 0.636. The van der Waals surface area contributed by atoms with E-state index in [1.807, 2.05) is 11.9 Å². The fourth-order valence-corrected chi connectivity index (χ4v) is 2.82. The van der Waals surface area contributed by atoms with Gasteiger partial charge < -0.3 is 10.2 Å². The zero-order chi connectivity index (χ0) is 11.7. The molecule has 1 atom stereocenters. The van der Waals surface area contributed by atoms with Crippen LogP contribution in [0.5, 0.6) is 0 Å². The lowest BCUT2D eigenvalue weighted by Crippen LogP contribution is -2.42. The van der Waals surface area contributed by atoms with E-state index in [1.54, 1.807) is 0 Å². The minimum Gasteiger partial charge on any atom is -0.365 e. The molecule has 16 heavy (non-hydrogen) atoms. The number of anilines is 1. The van der Waals surface area contributed by atoms with Crippen molar-refractivity contribution in [3.63, 3.8) is 0 Å². The number of nitrogens with one attached hydrogen (secondary N) is 1. The number of nitrogens with zero attached hydrogens (tertiary/aromatic N) is 2. The molecule has 1 aromatic rings. The highest BCUT2D eigenvalue weighted by atomic mass is 32.1. The molecule has 0 aromatic carbocycles. The predicted molar refractivity (Wildman–Crippen MR) is 66.2 cm³/mol. The van der Waals surface area contributed by atoms with Gasteiger partial charge in [-0.15, -0.1) is 0 Å². The number of hydrogen-bond donors (Lipinski definition) is 1. The van der Waals surface area contributed by atoms with E-state index in [-0.39, 0.29) is 5.91 Å². The number of carbonyl (C=O) groups is 1. The zero-order valence-electron chi connectivity index (χ0n) is 9.91. The Bertz CT molecular complexity index is 402. The van der Waals surface area contributed by atoms with Gasteiger partial charge in [-0.25, -0.2) is 4.98 Å². The lowest BCUT2D eigenvalue weighted by molar-refractivity contribution is 0.0675. The van der Waals surface area contributed by atoms with Gasteiger partial charge in [-0.2, -0.15) is 0 Å². The molecule has 88 valence electrons. The number of aromatic nitrogens is 1. The standard InChI is InChI=1S/C11H17N3OS/c1-4-7(2)14-6-5-8-9(10(14)15)16-11(12-3)13-8/h7H,4-6H2,1-3H3,(H,12,13). The van der Waals surface area contributed by atoms with Crippen LogP contribution in [0.4, 0.5) is 5.13 Å². The highest BCUT2D eigenvalue weighted by Crippen LogP contribution is 2.29. The molecule has 1 aromatic heterocycles. The Morgan fingerprint density at radius 3 is 3.00 bits per heavy atom. The lowest BCUT2D eigenvalue weighted by Gasteiger charge is -2.31. The second kappa shape index (κ2) is 4.41. The molecule has 0 radical (unpaired) electrons. The average Bonchev–Trinajstić information content (AvgIpc) is 2.72. The summed E-state index contributed by atoms with van der Waals surface area (Å²) in [7, 11) is 1.83. The maximum Gasteiger partial charge on any atom is 0.266 e. The summed E-state index contributed by atoms with van der Waals surface area (Å²) in [6.45, 7) is 5.01. The number of thiazole rings is 1. The second-order valence-electron chi connectivity index (χ2n) is 4.05. The molecule has 0 spiro atoms. The van der Waals surface area contributed by atoms with Crippen molar-refractivity contribution in [2.75, 3.05) is 18.9 Å². The van der Waals surface area contributed by atoms with E-state index in [0.717, 1.165) is 35.1 Å². The van der Waals surface area contributed by atoms with Crippen molar-refractivity contribution in [3.05, 3.63) is 10.6 Å². The molecular weight excluding hydrogens is 222 g/mol. The van der Waals surface area contributed by atoms with Crippen LogP contribution >= 0.6 is 11.3 Å². The summed E-state index contributed by atoms with van der Waals surface area (Å²) in [5.41, 5.74) is 0.957. The minimum atomic E-state index is 0.148. The molecule has 0 bridgehead atoms. The third kappa shape index (κ3) is 1.80. The third-order valence-corrected chi connectivity index (χ3v) is 4.18. The van der Waals surface area contributed by atoms with E-state index in [4.69, 9.17) is 0 Å². The van der Waals surface area contributed by atoms with Gasteiger partial charge in [0.05, 0.1) is 5.69 Å². The first kappa shape index (κ1) is 11.4. The van der Waals surface area contributed by atoms with Gasteiger partial charge in [0.2, 0.25) is 0 Å². The van der Waals surface area contributed by atoms with E-state index in [1.165, 1.54) is 11.3 Å². The van der Waals surface area contributed by atoms with Crippen LogP contribution in [-0.2, 0) is 6.42 Å². The third-order valence-electron chi connectivity index (χ3n) is 3.08. The summed E-state index contributed by atoms with van der Waals surface area (Å²) in [5, 5.41) is 3.84. The molecule has 2 heterocycles. The summed E-state index contributed by atoms with van der Waals surface area (Å²) in [6, 6.07) is 0.320. The van der Waals surface area contributed by atoms with E-state index in [2.05, 4.69) is 24.1 Å². The number of fused-ring (bicyclic) bond motifs is 1. The molecule has 2 rings (SSSR count). The first-order valence-electron chi connectivity index (χ1n) is 5.65. The van der Waals surface area contributed by atoms with Crippen LogP contribution in [0.3, 0.4) is 0 Å². The van der Waals surface area contributed by atoms with E-state index in [9.17, 15) is 4.79 Å². The number of carbonyl (C=O) groups excluding carboxylic acids is 1. The maximum atomic E-state index is 12.2. The van der Waals surface area contributed by atoms with Crippen LogP contribution in [0.1, 0.15) is 35.6 Å². The summed E-state index contributed by atoms with van der Waals surface area (Å²) in [4.78, 5) is 19.4. The fourth-order valence-electron chi connectivity index (χ4n) is 1.89. The molecule has 1 aliphatic rings. The Morgan fingerprint density at radius 2 is 2.38 bits per heavy atom. The van der Waals surface area contributed by atoms with Crippen LogP contribution < -0.4 is 5.32 Å². The Balaban J connectivity index is 2.27. The molecule has 1 amide bonds. The van der Waals surface area contributed by atoms with Crippen LogP contribution in [0.15, 0.2) is 0 Å². The number of amides is 1. The predicted octanol–water partition coefficient (Wildman–Crippen LogP) is 1.98. The van der Waals surface area contributed by atoms with Crippen LogP contribution in [0.2, 0.25) is 0 Å². The van der Waals surface area contributed by atoms with Crippen LogP contribution in [0, 0.1) is 0 Å². The van der Waals surface area contributed by atoms with Gasteiger partial charge in [-0.05, 0) is 13.3 Å². The smallest absolute Gasteiger partial charge is 0.266 e. The molecule has 5 heteroatoms. The number of hydrogen-bond acceptors (Lipinski definition) is 4. The van der Waals surface area contributed by atoms with Crippen molar-refractivity contribution >= 4 is 22.4 Å². The van der Waals surface area contributed by atoms with Crippen LogP contribution in [-0.4, -0.2) is 35.4 Å². The highest BCUT2D eigenvalue weighted by Gasteiger charge is 2.30. The quantitative estimate of drug-likeness (QED) is 0.877. The van der Waals surface area contributed by atoms with Gasteiger partial charge in [-0.1, -0.05) is 18.3 Å². The van der Waals surface area contributed by atoms with Crippen molar-refractivity contribution in [1.82, 2.24) is 9.88 Å². The highest BCUT2D eigenvalue weighted by molar-refractivity contribution is 7.17. The molecule has 0 aliphatic carbocycles. The van der Waals surface area contributed by atoms with Gasteiger partial charge in [0.1, 0.15) is 4.88 Å². The Labute approximate surface area is 99.7 Å².